The summed E-state index contributed by atoms with van der Waals surface area (Å²) in [7, 11) is 0. The van der Waals surface area contributed by atoms with Gasteiger partial charge in [0.05, 0.1) is 17.4 Å². The van der Waals surface area contributed by atoms with Gasteiger partial charge in [-0.05, 0) is 12.8 Å². The van der Waals surface area contributed by atoms with Crippen LogP contribution in [0.5, 0.6) is 0 Å². The lowest BCUT2D eigenvalue weighted by Crippen LogP contribution is -2.24. The summed E-state index contributed by atoms with van der Waals surface area (Å²) in [6.07, 6.45) is 6.30. The molecule has 16 heavy (non-hydrogen) atoms. The number of aromatic nitrogens is 2. The highest BCUT2D eigenvalue weighted by Crippen LogP contribution is 2.32. The van der Waals surface area contributed by atoms with E-state index in [9.17, 15) is 0 Å². The molecule has 0 saturated heterocycles. The summed E-state index contributed by atoms with van der Waals surface area (Å²) in [6, 6.07) is 0.615. The minimum atomic E-state index is 0.615. The summed E-state index contributed by atoms with van der Waals surface area (Å²) in [6.45, 7) is 2.63. The Morgan fingerprint density at radius 2 is 2.19 bits per heavy atom. The van der Waals surface area contributed by atoms with Gasteiger partial charge in [-0.2, -0.15) is 5.10 Å². The largest absolute Gasteiger partial charge is 0.325 e. The van der Waals surface area contributed by atoms with Crippen molar-refractivity contribution in [3.63, 3.8) is 0 Å². The zero-order chi connectivity index (χ0) is 11.0. The summed E-state index contributed by atoms with van der Waals surface area (Å²) in [4.78, 5) is 0. The fraction of sp³-hybridized carbons (Fsp3) is 0.750. The molecular formula is C12H20N4. The standard InChI is InChI=1S/C12H20N4/c13-7-12-10-8-14-6-5-11(10)15-16(12)9-3-1-2-4-9/h9,14H,1-8,13H2. The molecule has 1 aliphatic heterocycles. The molecule has 1 fully saturated rings. The Hall–Kier alpha value is -0.870. The molecule has 88 valence electrons. The molecule has 0 aromatic carbocycles. The quantitative estimate of drug-likeness (QED) is 0.785. The Bertz CT molecular complexity index is 377. The first kappa shape index (κ1) is 10.3. The van der Waals surface area contributed by atoms with E-state index >= 15 is 0 Å². The second-order valence-electron chi connectivity index (χ2n) is 4.89. The van der Waals surface area contributed by atoms with Gasteiger partial charge in [-0.1, -0.05) is 12.8 Å². The molecular weight excluding hydrogens is 200 g/mol. The van der Waals surface area contributed by atoms with E-state index < -0.39 is 0 Å². The van der Waals surface area contributed by atoms with Crippen LogP contribution < -0.4 is 11.1 Å². The molecule has 1 aromatic heterocycles. The molecule has 0 bridgehead atoms. The van der Waals surface area contributed by atoms with Gasteiger partial charge < -0.3 is 11.1 Å². The fourth-order valence-electron chi connectivity index (χ4n) is 3.05. The van der Waals surface area contributed by atoms with Crippen LogP contribution in [0.4, 0.5) is 0 Å². The van der Waals surface area contributed by atoms with Crippen LogP contribution in [0.1, 0.15) is 48.7 Å². The van der Waals surface area contributed by atoms with E-state index in [4.69, 9.17) is 10.8 Å². The van der Waals surface area contributed by atoms with E-state index in [0.717, 1.165) is 19.5 Å². The molecule has 0 spiro atoms. The Kier molecular flexibility index (Phi) is 2.69. The van der Waals surface area contributed by atoms with E-state index in [1.165, 1.54) is 42.6 Å². The molecule has 0 radical (unpaired) electrons. The molecule has 4 nitrogen and oxygen atoms in total. The van der Waals surface area contributed by atoms with Gasteiger partial charge in [-0.15, -0.1) is 0 Å². The average Bonchev–Trinajstić information content (AvgIpc) is 2.95. The van der Waals surface area contributed by atoms with Crippen molar-refractivity contribution in [3.05, 3.63) is 17.0 Å². The first-order valence-electron chi connectivity index (χ1n) is 6.40. The SMILES string of the molecule is NCc1c2c(nn1C1CCCC1)CCNC2. The maximum absolute atomic E-state index is 5.90. The summed E-state index contributed by atoms with van der Waals surface area (Å²) in [5, 5.41) is 8.21. The average molecular weight is 220 g/mol. The van der Waals surface area contributed by atoms with Gasteiger partial charge >= 0.3 is 0 Å². The molecule has 4 heteroatoms. The second-order valence-corrected chi connectivity index (χ2v) is 4.89. The maximum Gasteiger partial charge on any atom is 0.0685 e. The molecule has 0 unspecified atom stereocenters. The number of fused-ring (bicyclic) bond motifs is 1. The van der Waals surface area contributed by atoms with Crippen LogP contribution in [0.3, 0.4) is 0 Å². The van der Waals surface area contributed by atoms with Gasteiger partial charge in [-0.25, -0.2) is 0 Å². The molecule has 3 rings (SSSR count). The highest BCUT2D eigenvalue weighted by molar-refractivity contribution is 5.29. The van der Waals surface area contributed by atoms with Crippen molar-refractivity contribution >= 4 is 0 Å². The van der Waals surface area contributed by atoms with E-state index in [-0.39, 0.29) is 0 Å². The van der Waals surface area contributed by atoms with Gasteiger partial charge in [-0.3, -0.25) is 4.68 Å². The first-order chi connectivity index (χ1) is 7.90. The predicted molar refractivity (Wildman–Crippen MR) is 63.0 cm³/mol. The van der Waals surface area contributed by atoms with Gasteiger partial charge in [0.2, 0.25) is 0 Å². The predicted octanol–water partition coefficient (Wildman–Crippen LogP) is 1.10. The molecule has 1 saturated carbocycles. The maximum atomic E-state index is 5.90. The summed E-state index contributed by atoms with van der Waals surface area (Å²) >= 11 is 0. The molecule has 2 aliphatic rings. The molecule has 1 aromatic rings. The lowest BCUT2D eigenvalue weighted by molar-refractivity contribution is 0.447. The summed E-state index contributed by atoms with van der Waals surface area (Å²) in [5.74, 6) is 0. The van der Waals surface area contributed by atoms with E-state index in [2.05, 4.69) is 10.00 Å². The number of nitrogens with one attached hydrogen (secondary N) is 1. The highest BCUT2D eigenvalue weighted by atomic mass is 15.3. The molecule has 3 N–H and O–H groups in total. The van der Waals surface area contributed by atoms with Crippen LogP contribution in [-0.4, -0.2) is 16.3 Å². The third kappa shape index (κ3) is 1.57. The minimum absolute atomic E-state index is 0.615. The normalized spacial score (nSPS) is 21.3. The minimum Gasteiger partial charge on any atom is -0.325 e. The summed E-state index contributed by atoms with van der Waals surface area (Å²) in [5.41, 5.74) is 9.83. The molecule has 2 heterocycles. The number of nitrogens with zero attached hydrogens (tertiary/aromatic N) is 2. The summed E-state index contributed by atoms with van der Waals surface area (Å²) < 4.78 is 2.24. The Balaban J connectivity index is 1.99. The van der Waals surface area contributed by atoms with Crippen molar-refractivity contribution in [2.24, 2.45) is 5.73 Å². The van der Waals surface area contributed by atoms with Gasteiger partial charge in [0.25, 0.3) is 0 Å². The molecule has 0 amide bonds. The second kappa shape index (κ2) is 4.18. The zero-order valence-electron chi connectivity index (χ0n) is 9.71. The topological polar surface area (TPSA) is 55.9 Å². The lowest BCUT2D eigenvalue weighted by Gasteiger charge is -2.14. The lowest BCUT2D eigenvalue weighted by atomic mass is 10.1. The Morgan fingerprint density at radius 1 is 1.38 bits per heavy atom. The fourth-order valence-corrected chi connectivity index (χ4v) is 3.05. The third-order valence-corrected chi connectivity index (χ3v) is 3.91. The van der Waals surface area contributed by atoms with E-state index in [1.807, 2.05) is 0 Å². The van der Waals surface area contributed by atoms with E-state index in [0.29, 0.717) is 12.6 Å². The van der Waals surface area contributed by atoms with Crippen LogP contribution in [0.25, 0.3) is 0 Å². The van der Waals surface area contributed by atoms with Gasteiger partial charge in [0.15, 0.2) is 0 Å². The van der Waals surface area contributed by atoms with E-state index in [1.54, 1.807) is 0 Å². The molecule has 0 atom stereocenters. The zero-order valence-corrected chi connectivity index (χ0v) is 9.71. The monoisotopic (exact) mass is 220 g/mol. The number of hydrogen-bond donors (Lipinski definition) is 2. The van der Waals surface area contributed by atoms with Crippen LogP contribution in [-0.2, 0) is 19.5 Å². The Morgan fingerprint density at radius 3 is 2.94 bits per heavy atom. The highest BCUT2D eigenvalue weighted by Gasteiger charge is 2.25. The van der Waals surface area contributed by atoms with Crippen molar-refractivity contribution in [2.45, 2.75) is 51.2 Å². The number of hydrogen-bond acceptors (Lipinski definition) is 3. The van der Waals surface area contributed by atoms with Crippen LogP contribution in [0.2, 0.25) is 0 Å². The number of nitrogens with two attached hydrogens (primary N) is 1. The van der Waals surface area contributed by atoms with Crippen LogP contribution in [0.15, 0.2) is 0 Å². The van der Waals surface area contributed by atoms with Crippen LogP contribution >= 0.6 is 0 Å². The smallest absolute Gasteiger partial charge is 0.0685 e. The first-order valence-corrected chi connectivity index (χ1v) is 6.40. The third-order valence-electron chi connectivity index (χ3n) is 3.91. The van der Waals surface area contributed by atoms with Crippen LogP contribution in [0, 0.1) is 0 Å². The Labute approximate surface area is 96.2 Å². The van der Waals surface area contributed by atoms with Crippen molar-refractivity contribution in [1.82, 2.24) is 15.1 Å². The van der Waals surface area contributed by atoms with Gasteiger partial charge in [0, 0.05) is 31.6 Å². The van der Waals surface area contributed by atoms with Gasteiger partial charge in [0.1, 0.15) is 0 Å². The molecule has 1 aliphatic carbocycles. The van der Waals surface area contributed by atoms with Crippen molar-refractivity contribution in [2.75, 3.05) is 6.54 Å². The number of rotatable bonds is 2. The van der Waals surface area contributed by atoms with Crippen molar-refractivity contribution in [3.8, 4) is 0 Å². The van der Waals surface area contributed by atoms with Crippen molar-refractivity contribution in [1.29, 1.82) is 0 Å². The van der Waals surface area contributed by atoms with Crippen molar-refractivity contribution < 1.29 is 0 Å².